The highest BCUT2D eigenvalue weighted by Crippen LogP contribution is 2.23. The molecule has 6 heteroatoms. The molecule has 0 atom stereocenters. The summed E-state index contributed by atoms with van der Waals surface area (Å²) in [5.74, 6) is 0.275. The van der Waals surface area contributed by atoms with E-state index in [9.17, 15) is 4.39 Å². The molecule has 0 radical (unpaired) electrons. The van der Waals surface area contributed by atoms with Gasteiger partial charge in [0.05, 0.1) is 5.69 Å². The molecule has 0 saturated carbocycles. The van der Waals surface area contributed by atoms with Gasteiger partial charge in [-0.25, -0.2) is 4.39 Å². The van der Waals surface area contributed by atoms with Crippen molar-refractivity contribution in [2.45, 2.75) is 6.92 Å². The maximum Gasteiger partial charge on any atom is 0.187 e. The second-order valence-corrected chi connectivity index (χ2v) is 4.47. The van der Waals surface area contributed by atoms with Crippen molar-refractivity contribution in [1.82, 2.24) is 20.2 Å². The molecule has 2 aromatic carbocycles. The first kappa shape index (κ1) is 12.3. The Kier molecular flexibility index (Phi) is 2.90. The summed E-state index contributed by atoms with van der Waals surface area (Å²) in [7, 11) is 0. The lowest BCUT2D eigenvalue weighted by Gasteiger charge is -2.08. The number of tetrazole rings is 1. The fourth-order valence-corrected chi connectivity index (χ4v) is 2.06. The van der Waals surface area contributed by atoms with Crippen molar-refractivity contribution in [2.75, 3.05) is 5.73 Å². The molecule has 0 bridgehead atoms. The minimum absolute atomic E-state index is 0.287. The van der Waals surface area contributed by atoms with Crippen LogP contribution in [0.1, 0.15) is 5.56 Å². The van der Waals surface area contributed by atoms with Crippen LogP contribution in [0.3, 0.4) is 0 Å². The van der Waals surface area contributed by atoms with Gasteiger partial charge in [0.25, 0.3) is 0 Å². The lowest BCUT2D eigenvalue weighted by molar-refractivity contribution is 0.625. The van der Waals surface area contributed by atoms with Crippen molar-refractivity contribution in [1.29, 1.82) is 0 Å². The molecule has 3 aromatic rings. The van der Waals surface area contributed by atoms with Gasteiger partial charge < -0.3 is 5.73 Å². The van der Waals surface area contributed by atoms with E-state index in [-0.39, 0.29) is 5.82 Å². The molecule has 2 N–H and O–H groups in total. The smallest absolute Gasteiger partial charge is 0.187 e. The summed E-state index contributed by atoms with van der Waals surface area (Å²) in [5.41, 5.74) is 8.70. The van der Waals surface area contributed by atoms with E-state index in [0.29, 0.717) is 11.5 Å². The molecular weight excluding hydrogens is 257 g/mol. The number of hydrogen-bond acceptors (Lipinski definition) is 4. The Bertz CT molecular complexity index is 766. The number of benzene rings is 2. The van der Waals surface area contributed by atoms with Crippen LogP contribution in [0.15, 0.2) is 42.5 Å². The van der Waals surface area contributed by atoms with E-state index >= 15 is 0 Å². The third-order valence-corrected chi connectivity index (χ3v) is 3.00. The van der Waals surface area contributed by atoms with E-state index in [1.165, 1.54) is 12.1 Å². The van der Waals surface area contributed by atoms with E-state index in [1.54, 1.807) is 22.9 Å². The number of aryl methyl sites for hydroxylation is 1. The summed E-state index contributed by atoms with van der Waals surface area (Å²) in [4.78, 5) is 0. The molecule has 100 valence electrons. The minimum Gasteiger partial charge on any atom is -0.399 e. The molecule has 5 nitrogen and oxygen atoms in total. The third kappa shape index (κ3) is 2.11. The fourth-order valence-electron chi connectivity index (χ4n) is 2.06. The largest absolute Gasteiger partial charge is 0.399 e. The number of hydrogen-bond donors (Lipinski definition) is 1. The van der Waals surface area contributed by atoms with Crippen molar-refractivity contribution in [3.05, 3.63) is 53.8 Å². The van der Waals surface area contributed by atoms with Crippen LogP contribution in [0.25, 0.3) is 17.1 Å². The molecular formula is C14H12FN5. The monoisotopic (exact) mass is 269 g/mol. The van der Waals surface area contributed by atoms with Crippen LogP contribution in [-0.4, -0.2) is 20.2 Å². The van der Waals surface area contributed by atoms with Crippen LogP contribution < -0.4 is 5.73 Å². The number of nitrogens with zero attached hydrogens (tertiary/aromatic N) is 4. The summed E-state index contributed by atoms with van der Waals surface area (Å²) in [5, 5.41) is 11.7. The van der Waals surface area contributed by atoms with Crippen LogP contribution in [0.5, 0.6) is 0 Å². The van der Waals surface area contributed by atoms with Crippen molar-refractivity contribution in [3.8, 4) is 17.1 Å². The van der Waals surface area contributed by atoms with Gasteiger partial charge in [-0.05, 0) is 53.2 Å². The molecule has 1 heterocycles. The molecule has 1 aromatic heterocycles. The van der Waals surface area contributed by atoms with Crippen LogP contribution in [0.2, 0.25) is 0 Å². The lowest BCUT2D eigenvalue weighted by Crippen LogP contribution is -2.02. The molecule has 0 spiro atoms. The topological polar surface area (TPSA) is 69.6 Å². The van der Waals surface area contributed by atoms with E-state index in [0.717, 1.165) is 16.8 Å². The van der Waals surface area contributed by atoms with E-state index < -0.39 is 0 Å². The Labute approximate surface area is 114 Å². The molecule has 0 saturated heterocycles. The predicted molar refractivity (Wildman–Crippen MR) is 73.7 cm³/mol. The predicted octanol–water partition coefficient (Wildman–Crippen LogP) is 2.36. The van der Waals surface area contributed by atoms with Gasteiger partial charge in [-0.15, -0.1) is 5.10 Å². The van der Waals surface area contributed by atoms with Crippen molar-refractivity contribution >= 4 is 5.69 Å². The average Bonchev–Trinajstić information content (AvgIpc) is 2.87. The van der Waals surface area contributed by atoms with E-state index in [2.05, 4.69) is 15.5 Å². The molecule has 0 fully saturated rings. The summed E-state index contributed by atoms with van der Waals surface area (Å²) in [6.07, 6.45) is 0. The average molecular weight is 269 g/mol. The SMILES string of the molecule is Cc1cc(F)ccc1-n1nnnc1-c1cccc(N)c1. The van der Waals surface area contributed by atoms with Gasteiger partial charge in [0.1, 0.15) is 5.82 Å². The summed E-state index contributed by atoms with van der Waals surface area (Å²) in [6, 6.07) is 11.8. The van der Waals surface area contributed by atoms with Crippen LogP contribution in [0.4, 0.5) is 10.1 Å². The van der Waals surface area contributed by atoms with Gasteiger partial charge >= 0.3 is 0 Å². The Hall–Kier alpha value is -2.76. The standard InChI is InChI=1S/C14H12FN5/c1-9-7-11(15)5-6-13(9)20-14(17-18-19-20)10-3-2-4-12(16)8-10/h2-8H,16H2,1H3. The van der Waals surface area contributed by atoms with Gasteiger partial charge in [0.2, 0.25) is 0 Å². The molecule has 3 rings (SSSR count). The zero-order valence-electron chi connectivity index (χ0n) is 10.8. The normalized spacial score (nSPS) is 10.7. The number of aromatic nitrogens is 4. The molecule has 0 aliphatic heterocycles. The van der Waals surface area contributed by atoms with Gasteiger partial charge in [0, 0.05) is 11.3 Å². The van der Waals surface area contributed by atoms with E-state index in [4.69, 9.17) is 5.73 Å². The molecule has 20 heavy (non-hydrogen) atoms. The first-order valence-electron chi connectivity index (χ1n) is 6.06. The highest BCUT2D eigenvalue weighted by Gasteiger charge is 2.13. The van der Waals surface area contributed by atoms with Crippen molar-refractivity contribution in [2.24, 2.45) is 0 Å². The zero-order valence-corrected chi connectivity index (χ0v) is 10.8. The summed E-state index contributed by atoms with van der Waals surface area (Å²) < 4.78 is 14.8. The number of rotatable bonds is 2. The van der Waals surface area contributed by atoms with Crippen LogP contribution in [-0.2, 0) is 0 Å². The maximum atomic E-state index is 13.2. The van der Waals surface area contributed by atoms with Crippen molar-refractivity contribution in [3.63, 3.8) is 0 Å². The van der Waals surface area contributed by atoms with Gasteiger partial charge in [-0.1, -0.05) is 12.1 Å². The van der Waals surface area contributed by atoms with E-state index in [1.807, 2.05) is 19.1 Å². The quantitative estimate of drug-likeness (QED) is 0.725. The molecule has 0 aliphatic rings. The second kappa shape index (κ2) is 4.73. The highest BCUT2D eigenvalue weighted by molar-refractivity contribution is 5.62. The molecule has 0 amide bonds. The Morgan fingerprint density at radius 1 is 1.15 bits per heavy atom. The molecule has 0 unspecified atom stereocenters. The summed E-state index contributed by atoms with van der Waals surface area (Å²) in [6.45, 7) is 1.81. The Balaban J connectivity index is 2.15. The maximum absolute atomic E-state index is 13.2. The zero-order chi connectivity index (χ0) is 14.1. The van der Waals surface area contributed by atoms with Gasteiger partial charge in [0.15, 0.2) is 5.82 Å². The first-order chi connectivity index (χ1) is 9.65. The van der Waals surface area contributed by atoms with Gasteiger partial charge in [-0.2, -0.15) is 4.68 Å². The number of nitrogen functional groups attached to an aromatic ring is 1. The lowest BCUT2D eigenvalue weighted by atomic mass is 10.1. The van der Waals surface area contributed by atoms with Gasteiger partial charge in [-0.3, -0.25) is 0 Å². The highest BCUT2D eigenvalue weighted by atomic mass is 19.1. The van der Waals surface area contributed by atoms with Crippen molar-refractivity contribution < 1.29 is 4.39 Å². The third-order valence-electron chi connectivity index (χ3n) is 3.00. The number of anilines is 1. The second-order valence-electron chi connectivity index (χ2n) is 4.47. The number of halogens is 1. The summed E-state index contributed by atoms with van der Waals surface area (Å²) >= 11 is 0. The molecule has 0 aliphatic carbocycles. The fraction of sp³-hybridized carbons (Fsp3) is 0.0714. The first-order valence-corrected chi connectivity index (χ1v) is 6.06. The van der Waals surface area contributed by atoms with Crippen LogP contribution >= 0.6 is 0 Å². The number of nitrogens with two attached hydrogens (primary N) is 1. The Morgan fingerprint density at radius 3 is 2.75 bits per heavy atom. The Morgan fingerprint density at radius 2 is 2.00 bits per heavy atom. The minimum atomic E-state index is -0.287. The van der Waals surface area contributed by atoms with Crippen LogP contribution in [0, 0.1) is 12.7 Å².